The van der Waals surface area contributed by atoms with Crippen LogP contribution in [0.3, 0.4) is 0 Å². The molecule has 4 nitrogen and oxygen atoms in total. The molecule has 1 aromatic heterocycles. The Morgan fingerprint density at radius 3 is 3.31 bits per heavy atom. The van der Waals surface area contributed by atoms with E-state index < -0.39 is 0 Å². The topological polar surface area (TPSA) is 50.9 Å². The van der Waals surface area contributed by atoms with Crippen LogP contribution < -0.4 is 0 Å². The summed E-state index contributed by atoms with van der Waals surface area (Å²) in [4.78, 5) is 0. The van der Waals surface area contributed by atoms with Gasteiger partial charge in [0.1, 0.15) is 0 Å². The average molecular weight is 181 g/mol. The molecule has 0 bridgehead atoms. The fourth-order valence-corrected chi connectivity index (χ4v) is 2.03. The third-order valence-electron chi connectivity index (χ3n) is 2.61. The van der Waals surface area contributed by atoms with Crippen LogP contribution in [0.25, 0.3) is 0 Å². The van der Waals surface area contributed by atoms with Crippen LogP contribution in [-0.4, -0.2) is 26.2 Å². The van der Waals surface area contributed by atoms with E-state index in [2.05, 4.69) is 17.2 Å². The highest BCUT2D eigenvalue weighted by Gasteiger charge is 2.25. The lowest BCUT2D eigenvalue weighted by atomic mass is 9.97. The highest BCUT2D eigenvalue weighted by Crippen LogP contribution is 2.26. The summed E-state index contributed by atoms with van der Waals surface area (Å²) in [6.07, 6.45) is 5.27. The molecule has 0 spiro atoms. The van der Waals surface area contributed by atoms with E-state index >= 15 is 0 Å². The number of aliphatic hydroxyl groups is 1. The van der Waals surface area contributed by atoms with Gasteiger partial charge in [0.2, 0.25) is 0 Å². The van der Waals surface area contributed by atoms with Crippen LogP contribution in [0.15, 0.2) is 6.20 Å². The Kier molecular flexibility index (Phi) is 2.31. The molecule has 0 radical (unpaired) electrons. The molecular weight excluding hydrogens is 166 g/mol. The van der Waals surface area contributed by atoms with Crippen LogP contribution in [-0.2, 0) is 6.42 Å². The lowest BCUT2D eigenvalue weighted by Gasteiger charge is -2.26. The highest BCUT2D eigenvalue weighted by molar-refractivity contribution is 5.02. The van der Waals surface area contributed by atoms with E-state index in [0.717, 1.165) is 25.0 Å². The van der Waals surface area contributed by atoms with E-state index in [1.165, 1.54) is 0 Å². The summed E-state index contributed by atoms with van der Waals surface area (Å²) in [5.41, 5.74) is 1.07. The van der Waals surface area contributed by atoms with Crippen LogP contribution in [0.5, 0.6) is 0 Å². The average Bonchev–Trinajstić information content (AvgIpc) is 2.52. The second-order valence-corrected chi connectivity index (χ2v) is 3.71. The molecule has 0 fully saturated rings. The summed E-state index contributed by atoms with van der Waals surface area (Å²) in [7, 11) is 0. The summed E-state index contributed by atoms with van der Waals surface area (Å²) in [5.74, 6) is 0. The van der Waals surface area contributed by atoms with Crippen LogP contribution >= 0.6 is 0 Å². The largest absolute Gasteiger partial charge is 0.393 e. The molecule has 1 N–H and O–H groups in total. The Bertz CT molecular complexity index is 284. The van der Waals surface area contributed by atoms with Gasteiger partial charge in [0.25, 0.3) is 0 Å². The van der Waals surface area contributed by atoms with Crippen molar-refractivity contribution in [1.29, 1.82) is 0 Å². The first-order valence-electron chi connectivity index (χ1n) is 4.88. The molecule has 0 saturated carbocycles. The molecule has 0 unspecified atom stereocenters. The minimum atomic E-state index is -0.206. The SMILES string of the molecule is CCC[C@@H]1C[C@@H](O)Cc2cnnn21. The molecule has 1 aromatic rings. The van der Waals surface area contributed by atoms with Crippen LogP contribution in [0.1, 0.15) is 37.9 Å². The van der Waals surface area contributed by atoms with Crippen LogP contribution in [0.2, 0.25) is 0 Å². The molecule has 0 saturated heterocycles. The molecular formula is C9H15N3O. The fourth-order valence-electron chi connectivity index (χ4n) is 2.03. The molecule has 0 aromatic carbocycles. The van der Waals surface area contributed by atoms with Gasteiger partial charge in [-0.25, -0.2) is 4.68 Å². The maximum atomic E-state index is 9.60. The first-order valence-corrected chi connectivity index (χ1v) is 4.88. The zero-order valence-corrected chi connectivity index (χ0v) is 7.85. The van der Waals surface area contributed by atoms with Gasteiger partial charge in [-0.2, -0.15) is 0 Å². The Labute approximate surface area is 77.6 Å². The summed E-state index contributed by atoms with van der Waals surface area (Å²) in [6.45, 7) is 2.15. The van der Waals surface area contributed by atoms with Crippen molar-refractivity contribution in [3.05, 3.63) is 11.9 Å². The van der Waals surface area contributed by atoms with Gasteiger partial charge >= 0.3 is 0 Å². The van der Waals surface area contributed by atoms with Crippen molar-refractivity contribution < 1.29 is 5.11 Å². The monoisotopic (exact) mass is 181 g/mol. The predicted molar refractivity (Wildman–Crippen MR) is 48.3 cm³/mol. The minimum Gasteiger partial charge on any atom is -0.393 e. The number of rotatable bonds is 2. The Morgan fingerprint density at radius 1 is 1.69 bits per heavy atom. The highest BCUT2D eigenvalue weighted by atomic mass is 16.3. The molecule has 13 heavy (non-hydrogen) atoms. The standard InChI is InChI=1S/C9H15N3O/c1-2-3-7-4-9(13)5-8-6-10-11-12(7)8/h6-7,9,13H,2-5H2,1H3/t7-,9-/m1/s1. The molecule has 2 heterocycles. The molecule has 2 atom stereocenters. The Balaban J connectivity index is 2.22. The van der Waals surface area contributed by atoms with Crippen molar-refractivity contribution in [3.63, 3.8) is 0 Å². The quantitative estimate of drug-likeness (QED) is 0.738. The number of aliphatic hydroxyl groups excluding tert-OH is 1. The third kappa shape index (κ3) is 1.58. The first-order chi connectivity index (χ1) is 6.31. The van der Waals surface area contributed by atoms with Gasteiger partial charge in [0.15, 0.2) is 0 Å². The maximum absolute atomic E-state index is 9.60. The number of hydrogen-bond donors (Lipinski definition) is 1. The summed E-state index contributed by atoms with van der Waals surface area (Å²) >= 11 is 0. The van der Waals surface area contributed by atoms with E-state index in [9.17, 15) is 5.11 Å². The first kappa shape index (κ1) is 8.69. The lowest BCUT2D eigenvalue weighted by molar-refractivity contribution is 0.115. The van der Waals surface area contributed by atoms with Crippen LogP contribution in [0, 0.1) is 0 Å². The Hall–Kier alpha value is -0.900. The van der Waals surface area contributed by atoms with Crippen LogP contribution in [0.4, 0.5) is 0 Å². The zero-order chi connectivity index (χ0) is 9.26. The number of aromatic nitrogens is 3. The van der Waals surface area contributed by atoms with Crippen molar-refractivity contribution in [2.45, 2.75) is 44.8 Å². The van der Waals surface area contributed by atoms with Gasteiger partial charge < -0.3 is 5.11 Å². The van der Waals surface area contributed by atoms with Crippen molar-refractivity contribution in [3.8, 4) is 0 Å². The maximum Gasteiger partial charge on any atom is 0.0726 e. The smallest absolute Gasteiger partial charge is 0.0726 e. The van der Waals surface area contributed by atoms with Gasteiger partial charge in [0, 0.05) is 6.42 Å². The fraction of sp³-hybridized carbons (Fsp3) is 0.778. The second kappa shape index (κ2) is 3.46. The normalized spacial score (nSPS) is 27.2. The van der Waals surface area contributed by atoms with Crippen molar-refractivity contribution in [2.75, 3.05) is 0 Å². The van der Waals surface area contributed by atoms with Gasteiger partial charge in [-0.05, 0) is 12.8 Å². The molecule has 0 amide bonds. The Morgan fingerprint density at radius 2 is 2.54 bits per heavy atom. The summed E-state index contributed by atoms with van der Waals surface area (Å²) in [5, 5.41) is 17.5. The van der Waals surface area contributed by atoms with Gasteiger partial charge in [-0.15, -0.1) is 5.10 Å². The van der Waals surface area contributed by atoms with E-state index in [0.29, 0.717) is 12.5 Å². The van der Waals surface area contributed by atoms with E-state index in [1.54, 1.807) is 6.20 Å². The van der Waals surface area contributed by atoms with E-state index in [4.69, 9.17) is 0 Å². The molecule has 1 aliphatic heterocycles. The second-order valence-electron chi connectivity index (χ2n) is 3.71. The molecule has 4 heteroatoms. The summed E-state index contributed by atoms with van der Waals surface area (Å²) < 4.78 is 1.97. The van der Waals surface area contributed by atoms with Crippen molar-refractivity contribution >= 4 is 0 Å². The molecule has 1 aliphatic rings. The molecule has 2 rings (SSSR count). The minimum absolute atomic E-state index is 0.206. The summed E-state index contributed by atoms with van der Waals surface area (Å²) in [6, 6.07) is 0.353. The van der Waals surface area contributed by atoms with Gasteiger partial charge in [-0.3, -0.25) is 0 Å². The van der Waals surface area contributed by atoms with Gasteiger partial charge in [0.05, 0.1) is 24.0 Å². The molecule has 72 valence electrons. The number of hydrogen-bond acceptors (Lipinski definition) is 3. The van der Waals surface area contributed by atoms with Crippen molar-refractivity contribution in [1.82, 2.24) is 15.0 Å². The number of fused-ring (bicyclic) bond motifs is 1. The van der Waals surface area contributed by atoms with Gasteiger partial charge in [-0.1, -0.05) is 18.6 Å². The third-order valence-corrected chi connectivity index (χ3v) is 2.61. The van der Waals surface area contributed by atoms with Crippen molar-refractivity contribution in [2.24, 2.45) is 0 Å². The zero-order valence-electron chi connectivity index (χ0n) is 7.85. The van der Waals surface area contributed by atoms with E-state index in [1.807, 2.05) is 4.68 Å². The lowest BCUT2D eigenvalue weighted by Crippen LogP contribution is -2.28. The van der Waals surface area contributed by atoms with E-state index in [-0.39, 0.29) is 6.10 Å². The number of nitrogens with zero attached hydrogens (tertiary/aromatic N) is 3. The molecule has 0 aliphatic carbocycles. The predicted octanol–water partition coefficient (Wildman–Crippen LogP) is 0.926.